The van der Waals surface area contributed by atoms with E-state index in [-0.39, 0.29) is 5.43 Å². The molecule has 0 aromatic carbocycles. The molecule has 1 aliphatic rings. The third-order valence-corrected chi connectivity index (χ3v) is 3.87. The van der Waals surface area contributed by atoms with Crippen molar-refractivity contribution < 1.29 is 9.15 Å². The van der Waals surface area contributed by atoms with E-state index in [0.29, 0.717) is 37.9 Å². The van der Waals surface area contributed by atoms with Gasteiger partial charge in [-0.25, -0.2) is 0 Å². The van der Waals surface area contributed by atoms with Crippen LogP contribution in [0.2, 0.25) is 0 Å². The molecule has 4 heteroatoms. The maximum atomic E-state index is 12.1. The van der Waals surface area contributed by atoms with Crippen LogP contribution in [0.15, 0.2) is 57.8 Å². The lowest BCUT2D eigenvalue weighted by Crippen LogP contribution is -2.36. The highest BCUT2D eigenvalue weighted by Gasteiger charge is 2.13. The molecule has 1 aromatic heterocycles. The fraction of sp³-hybridized carbons (Fsp3) is 0.318. The number of morpholine rings is 1. The molecule has 2 rings (SSSR count). The van der Waals surface area contributed by atoms with E-state index in [0.717, 1.165) is 11.1 Å². The topological polar surface area (TPSA) is 42.7 Å². The zero-order valence-electron chi connectivity index (χ0n) is 15.6. The first-order chi connectivity index (χ1) is 12.7. The average Bonchev–Trinajstić information content (AvgIpc) is 2.65. The second kappa shape index (κ2) is 10.3. The second-order valence-electron chi connectivity index (χ2n) is 5.76. The Bertz CT molecular complexity index is 846. The maximum absolute atomic E-state index is 12.1. The molecule has 1 aromatic rings. The Morgan fingerprint density at radius 1 is 1.23 bits per heavy atom. The molecular weight excluding hydrogens is 326 g/mol. The molecule has 1 fully saturated rings. The molecule has 0 aliphatic carbocycles. The lowest BCUT2D eigenvalue weighted by molar-refractivity contribution is 0.120. The number of aryl methyl sites for hydroxylation is 1. The van der Waals surface area contributed by atoms with Gasteiger partial charge in [0, 0.05) is 30.3 Å². The first kappa shape index (κ1) is 19.6. The van der Waals surface area contributed by atoms with E-state index in [9.17, 15) is 4.79 Å². The summed E-state index contributed by atoms with van der Waals surface area (Å²) < 4.78 is 11.5. The Kier molecular flexibility index (Phi) is 7.73. The third-order valence-electron chi connectivity index (χ3n) is 3.87. The molecule has 26 heavy (non-hydrogen) atoms. The summed E-state index contributed by atoms with van der Waals surface area (Å²) in [5.74, 6) is 7.32. The van der Waals surface area contributed by atoms with E-state index < -0.39 is 0 Å². The van der Waals surface area contributed by atoms with Crippen LogP contribution in [-0.4, -0.2) is 26.3 Å². The summed E-state index contributed by atoms with van der Waals surface area (Å²) in [6.07, 6.45) is 5.86. The number of ether oxygens (including phenoxy) is 1. The summed E-state index contributed by atoms with van der Waals surface area (Å²) in [5, 5.41) is 0. The molecule has 0 spiro atoms. The molecule has 2 heterocycles. The lowest BCUT2D eigenvalue weighted by atomic mass is 10.1. The molecule has 0 N–H and O–H groups in total. The van der Waals surface area contributed by atoms with Crippen LogP contribution in [0.1, 0.15) is 25.2 Å². The molecular formula is C22H25NO3. The predicted molar refractivity (Wildman–Crippen MR) is 107 cm³/mol. The average molecular weight is 351 g/mol. The minimum atomic E-state index is -0.106. The third kappa shape index (κ3) is 5.65. The Morgan fingerprint density at radius 2 is 1.96 bits per heavy atom. The number of nitrogens with zero attached hydrogens (tertiary/aromatic N) is 1. The monoisotopic (exact) mass is 351 g/mol. The summed E-state index contributed by atoms with van der Waals surface area (Å²) in [6, 6.07) is 8.54. The Labute approximate surface area is 155 Å². The predicted octanol–water partition coefficient (Wildman–Crippen LogP) is 3.89. The van der Waals surface area contributed by atoms with Crippen molar-refractivity contribution in [2.24, 2.45) is 0 Å². The van der Waals surface area contributed by atoms with E-state index in [1.165, 1.54) is 12.1 Å². The number of hydrogen-bond acceptors (Lipinski definition) is 4. The summed E-state index contributed by atoms with van der Waals surface area (Å²) in [4.78, 5) is 14.2. The fourth-order valence-electron chi connectivity index (χ4n) is 2.58. The zero-order chi connectivity index (χ0) is 18.8. The lowest BCUT2D eigenvalue weighted by Gasteiger charge is -2.26. The van der Waals surface area contributed by atoms with E-state index in [2.05, 4.69) is 11.8 Å². The quantitative estimate of drug-likeness (QED) is 0.612. The summed E-state index contributed by atoms with van der Waals surface area (Å²) in [7, 11) is 0. The Hall–Kier alpha value is -2.77. The van der Waals surface area contributed by atoms with Crippen molar-refractivity contribution in [1.29, 1.82) is 0 Å². The van der Waals surface area contributed by atoms with Gasteiger partial charge >= 0.3 is 0 Å². The van der Waals surface area contributed by atoms with Crippen molar-refractivity contribution in [2.75, 3.05) is 31.2 Å². The minimum Gasteiger partial charge on any atom is -0.445 e. The van der Waals surface area contributed by atoms with Crippen molar-refractivity contribution in [3.63, 3.8) is 0 Å². The van der Waals surface area contributed by atoms with E-state index in [4.69, 9.17) is 9.15 Å². The molecule has 136 valence electrons. The highest BCUT2D eigenvalue weighted by molar-refractivity contribution is 5.80. The number of allylic oxidation sites excluding steroid dienone is 4. The van der Waals surface area contributed by atoms with Crippen LogP contribution in [0.4, 0.5) is 5.88 Å². The largest absolute Gasteiger partial charge is 0.445 e. The highest BCUT2D eigenvalue weighted by atomic mass is 16.5. The maximum Gasteiger partial charge on any atom is 0.199 e. The standard InChI is InChI=1S/C22H25NO3/c1-4-6-10-19(9-5-2)21-12-8-7-11-20(24)17-22(26-18(21)3)23-13-15-25-16-14-23/h4,6-8,10-12,17H,13-16H2,1-3H3/b6-4-,11-7?,12-8?,19-10+,21-18?,22-17?. The molecule has 0 atom stereocenters. The summed E-state index contributed by atoms with van der Waals surface area (Å²) in [6.45, 7) is 8.28. The van der Waals surface area contributed by atoms with Crippen molar-refractivity contribution >= 4 is 11.5 Å². The van der Waals surface area contributed by atoms with Gasteiger partial charge in [-0.3, -0.25) is 4.79 Å². The molecule has 4 nitrogen and oxygen atoms in total. The first-order valence-corrected chi connectivity index (χ1v) is 8.73. The molecule has 1 aliphatic heterocycles. The number of anilines is 1. The van der Waals surface area contributed by atoms with Gasteiger partial charge in [-0.2, -0.15) is 0 Å². The molecule has 0 unspecified atom stereocenters. The SMILES string of the molecule is CC#C/C(=C\C=C/C)c1ccccc(=O)cc(N2CCOCC2)oc1C. The zero-order valence-corrected chi connectivity index (χ0v) is 15.6. The Balaban J connectivity index is 2.68. The normalized spacial score (nSPS) is 14.6. The van der Waals surface area contributed by atoms with Crippen molar-refractivity contribution in [3.05, 3.63) is 70.1 Å². The van der Waals surface area contributed by atoms with Gasteiger partial charge in [0.2, 0.25) is 0 Å². The van der Waals surface area contributed by atoms with Crippen LogP contribution in [0.3, 0.4) is 0 Å². The van der Waals surface area contributed by atoms with Crippen LogP contribution in [0.25, 0.3) is 5.57 Å². The van der Waals surface area contributed by atoms with Crippen LogP contribution in [-0.2, 0) is 4.74 Å². The molecule has 0 saturated carbocycles. The van der Waals surface area contributed by atoms with Gasteiger partial charge in [0.05, 0.1) is 13.2 Å². The van der Waals surface area contributed by atoms with Crippen molar-refractivity contribution in [1.82, 2.24) is 0 Å². The summed E-state index contributed by atoms with van der Waals surface area (Å²) >= 11 is 0. The Morgan fingerprint density at radius 3 is 2.65 bits per heavy atom. The minimum absolute atomic E-state index is 0.106. The first-order valence-electron chi connectivity index (χ1n) is 8.73. The molecule has 0 amide bonds. The van der Waals surface area contributed by atoms with Gasteiger partial charge in [-0.05, 0) is 32.9 Å². The van der Waals surface area contributed by atoms with Gasteiger partial charge in [0.15, 0.2) is 11.3 Å². The van der Waals surface area contributed by atoms with Crippen LogP contribution >= 0.6 is 0 Å². The van der Waals surface area contributed by atoms with Gasteiger partial charge in [-0.15, -0.1) is 5.92 Å². The number of rotatable bonds is 3. The molecule has 1 saturated heterocycles. The van der Waals surface area contributed by atoms with Gasteiger partial charge in [0.1, 0.15) is 5.76 Å². The smallest absolute Gasteiger partial charge is 0.199 e. The summed E-state index contributed by atoms with van der Waals surface area (Å²) in [5.41, 5.74) is 1.64. The fourth-order valence-corrected chi connectivity index (χ4v) is 2.58. The second-order valence-corrected chi connectivity index (χ2v) is 5.76. The number of hydrogen-bond donors (Lipinski definition) is 0. The van der Waals surface area contributed by atoms with Gasteiger partial charge < -0.3 is 14.1 Å². The van der Waals surface area contributed by atoms with Crippen molar-refractivity contribution in [3.8, 4) is 11.8 Å². The highest BCUT2D eigenvalue weighted by Crippen LogP contribution is 2.20. The molecule has 0 radical (unpaired) electrons. The van der Waals surface area contributed by atoms with Gasteiger partial charge in [-0.1, -0.05) is 36.3 Å². The molecule has 0 bridgehead atoms. The van der Waals surface area contributed by atoms with E-state index in [1.54, 1.807) is 6.07 Å². The van der Waals surface area contributed by atoms with Crippen molar-refractivity contribution in [2.45, 2.75) is 20.8 Å². The van der Waals surface area contributed by atoms with Crippen LogP contribution in [0.5, 0.6) is 0 Å². The van der Waals surface area contributed by atoms with E-state index >= 15 is 0 Å². The van der Waals surface area contributed by atoms with E-state index in [1.807, 2.05) is 56.0 Å². The van der Waals surface area contributed by atoms with Crippen LogP contribution < -0.4 is 10.3 Å². The van der Waals surface area contributed by atoms with Gasteiger partial charge in [0.25, 0.3) is 0 Å². The van der Waals surface area contributed by atoms with Crippen LogP contribution in [0, 0.1) is 18.8 Å².